The number of anilines is 5. The number of carbonyl (C=O) groups excluding carboxylic acids is 1. The average Bonchev–Trinajstić information content (AvgIpc) is 3.72. The van der Waals surface area contributed by atoms with Crippen molar-refractivity contribution in [2.75, 3.05) is 105 Å². The van der Waals surface area contributed by atoms with E-state index in [1.165, 1.54) is 5.69 Å². The summed E-state index contributed by atoms with van der Waals surface area (Å²) in [6.07, 6.45) is 4.27. The largest absolute Gasteiger partial charge is 0.497 e. The molecule has 2 fully saturated rings. The number of rotatable bonds is 12. The summed E-state index contributed by atoms with van der Waals surface area (Å²) in [5.74, 6) is 3.36. The fraction of sp³-hybridized carbons (Fsp3) is 0.386. The number of fused-ring (bicyclic) bond motifs is 1. The standard InChI is InChI=1S/C44H52N10O4/c1-5-50-18-20-51(21-19-50)35-10-15-39(31(2)26-35)47-44(55)54-17-16-38-40(48-43(49-41(38)54)52-22-24-58-25-23-52)34-27-45-42(46-28-34)53(29-32-6-11-36(56-3)12-7-32)30-33-8-13-37(57-4)14-9-33/h6-15,26-28H,5,16-25,29-30H2,1-4H3,(H,47,55). The first kappa shape index (κ1) is 38.9. The van der Waals surface area contributed by atoms with Crippen molar-refractivity contribution in [1.82, 2.24) is 24.8 Å². The summed E-state index contributed by atoms with van der Waals surface area (Å²) < 4.78 is 16.4. The number of piperazine rings is 1. The second-order valence-corrected chi connectivity index (χ2v) is 14.9. The van der Waals surface area contributed by atoms with Crippen molar-refractivity contribution in [2.45, 2.75) is 33.4 Å². The summed E-state index contributed by atoms with van der Waals surface area (Å²) >= 11 is 0. The third kappa shape index (κ3) is 8.63. The lowest BCUT2D eigenvalue weighted by molar-refractivity contribution is 0.122. The molecule has 2 saturated heterocycles. The van der Waals surface area contributed by atoms with Gasteiger partial charge in [0.2, 0.25) is 11.9 Å². The van der Waals surface area contributed by atoms with E-state index in [1.807, 2.05) is 42.7 Å². The number of hydrogen-bond donors (Lipinski definition) is 1. The van der Waals surface area contributed by atoms with E-state index in [4.69, 9.17) is 34.1 Å². The number of aromatic nitrogens is 4. The normalized spacial score (nSPS) is 15.6. The molecule has 1 N–H and O–H groups in total. The maximum Gasteiger partial charge on any atom is 0.327 e. The predicted molar refractivity (Wildman–Crippen MR) is 228 cm³/mol. The van der Waals surface area contributed by atoms with E-state index in [9.17, 15) is 4.79 Å². The first-order valence-electron chi connectivity index (χ1n) is 20.1. The number of methoxy groups -OCH3 is 2. The highest BCUT2D eigenvalue weighted by Crippen LogP contribution is 2.36. The van der Waals surface area contributed by atoms with Crippen molar-refractivity contribution in [3.63, 3.8) is 0 Å². The zero-order valence-electron chi connectivity index (χ0n) is 33.9. The van der Waals surface area contributed by atoms with Gasteiger partial charge in [0.25, 0.3) is 0 Å². The molecule has 14 heteroatoms. The first-order chi connectivity index (χ1) is 28.4. The molecule has 0 unspecified atom stereocenters. The molecule has 0 bridgehead atoms. The van der Waals surface area contributed by atoms with Crippen LogP contribution < -0.4 is 34.4 Å². The Labute approximate surface area is 340 Å². The minimum absolute atomic E-state index is 0.219. The van der Waals surface area contributed by atoms with Crippen LogP contribution in [0.3, 0.4) is 0 Å². The molecule has 14 nitrogen and oxygen atoms in total. The highest BCUT2D eigenvalue weighted by molar-refractivity contribution is 6.03. The van der Waals surface area contributed by atoms with Crippen LogP contribution in [-0.4, -0.2) is 111 Å². The highest BCUT2D eigenvalue weighted by Gasteiger charge is 2.32. The number of carbonyl (C=O) groups is 1. The van der Waals surface area contributed by atoms with Crippen molar-refractivity contribution >= 4 is 35.1 Å². The van der Waals surface area contributed by atoms with Crippen molar-refractivity contribution in [1.29, 1.82) is 0 Å². The molecule has 302 valence electrons. The van der Waals surface area contributed by atoms with E-state index in [0.29, 0.717) is 70.1 Å². The van der Waals surface area contributed by atoms with E-state index in [2.05, 4.69) is 75.2 Å². The maximum absolute atomic E-state index is 14.1. The molecule has 0 saturated carbocycles. The summed E-state index contributed by atoms with van der Waals surface area (Å²) in [7, 11) is 3.33. The summed E-state index contributed by atoms with van der Waals surface area (Å²) in [4.78, 5) is 44.9. The molecular weight excluding hydrogens is 733 g/mol. The van der Waals surface area contributed by atoms with E-state index in [1.54, 1.807) is 19.1 Å². The highest BCUT2D eigenvalue weighted by atomic mass is 16.5. The van der Waals surface area contributed by atoms with Gasteiger partial charge < -0.3 is 39.1 Å². The topological polar surface area (TPSA) is 125 Å². The Morgan fingerprint density at radius 2 is 1.43 bits per heavy atom. The van der Waals surface area contributed by atoms with Crippen molar-refractivity contribution in [3.05, 3.63) is 101 Å². The van der Waals surface area contributed by atoms with Gasteiger partial charge in [0.1, 0.15) is 17.3 Å². The number of amides is 2. The summed E-state index contributed by atoms with van der Waals surface area (Å²) in [5, 5.41) is 3.19. The molecule has 2 amide bonds. The van der Waals surface area contributed by atoms with E-state index < -0.39 is 0 Å². The van der Waals surface area contributed by atoms with Crippen LogP contribution in [0.15, 0.2) is 79.1 Å². The Balaban J connectivity index is 1.06. The quantitative estimate of drug-likeness (QED) is 0.159. The van der Waals surface area contributed by atoms with Crippen LogP contribution in [0, 0.1) is 6.92 Å². The number of hydrogen-bond acceptors (Lipinski definition) is 12. The molecule has 0 aliphatic carbocycles. The van der Waals surface area contributed by atoms with Gasteiger partial charge in [0.05, 0.1) is 33.1 Å². The van der Waals surface area contributed by atoms with Gasteiger partial charge in [-0.25, -0.2) is 19.7 Å². The van der Waals surface area contributed by atoms with E-state index in [-0.39, 0.29) is 6.03 Å². The van der Waals surface area contributed by atoms with Crippen molar-refractivity contribution in [2.24, 2.45) is 0 Å². The van der Waals surface area contributed by atoms with Crippen LogP contribution in [0.5, 0.6) is 11.5 Å². The second-order valence-electron chi connectivity index (χ2n) is 14.9. The minimum atomic E-state index is -0.219. The van der Waals surface area contributed by atoms with Gasteiger partial charge in [-0.2, -0.15) is 4.98 Å². The van der Waals surface area contributed by atoms with Gasteiger partial charge in [-0.1, -0.05) is 31.2 Å². The number of urea groups is 1. The lowest BCUT2D eigenvalue weighted by Crippen LogP contribution is -2.46. The van der Waals surface area contributed by atoms with Crippen molar-refractivity contribution < 1.29 is 19.0 Å². The van der Waals surface area contributed by atoms with Crippen LogP contribution in [0.4, 0.5) is 33.9 Å². The number of nitrogens with one attached hydrogen (secondary N) is 1. The van der Waals surface area contributed by atoms with Crippen molar-refractivity contribution in [3.8, 4) is 22.8 Å². The van der Waals surface area contributed by atoms with Gasteiger partial charge >= 0.3 is 6.03 Å². The van der Waals surface area contributed by atoms with E-state index >= 15 is 0 Å². The third-order valence-corrected chi connectivity index (χ3v) is 11.2. The number of morpholine rings is 1. The van der Waals surface area contributed by atoms with Crippen LogP contribution >= 0.6 is 0 Å². The summed E-state index contributed by atoms with van der Waals surface area (Å²) in [6.45, 7) is 13.6. The summed E-state index contributed by atoms with van der Waals surface area (Å²) in [5.41, 5.74) is 7.58. The second kappa shape index (κ2) is 17.7. The fourth-order valence-electron chi connectivity index (χ4n) is 7.78. The van der Waals surface area contributed by atoms with Gasteiger partial charge in [-0.15, -0.1) is 0 Å². The summed E-state index contributed by atoms with van der Waals surface area (Å²) in [6, 6.07) is 22.1. The molecule has 3 aromatic carbocycles. The predicted octanol–water partition coefficient (Wildman–Crippen LogP) is 6.04. The van der Waals surface area contributed by atoms with Crippen LogP contribution in [0.2, 0.25) is 0 Å². The molecule has 3 aliphatic heterocycles. The number of aryl methyl sites for hydroxylation is 1. The lowest BCUT2D eigenvalue weighted by Gasteiger charge is -2.35. The molecule has 0 atom stereocenters. The SMILES string of the molecule is CCN1CCN(c2ccc(NC(=O)N3CCc4c(-c5cnc(N(Cc6ccc(OC)cc6)Cc6ccc(OC)cc6)nc5)nc(N5CCOCC5)nc43)c(C)c2)CC1. The van der Waals surface area contributed by atoms with Crippen LogP contribution in [0.25, 0.3) is 11.3 Å². The molecule has 8 rings (SSSR count). The number of nitrogens with zero attached hydrogens (tertiary/aromatic N) is 9. The Hall–Kier alpha value is -5.99. The molecule has 0 spiro atoms. The molecule has 0 radical (unpaired) electrons. The Morgan fingerprint density at radius 1 is 0.793 bits per heavy atom. The Kier molecular flexibility index (Phi) is 11.8. The Morgan fingerprint density at radius 3 is 2.02 bits per heavy atom. The number of likely N-dealkylation sites (N-methyl/N-ethyl adjacent to an activating group) is 1. The van der Waals surface area contributed by atoms with Gasteiger partial charge in [-0.05, 0) is 79.0 Å². The zero-order chi connectivity index (χ0) is 40.0. The fourth-order valence-corrected chi connectivity index (χ4v) is 7.78. The molecule has 58 heavy (non-hydrogen) atoms. The van der Waals surface area contributed by atoms with Crippen LogP contribution in [-0.2, 0) is 24.2 Å². The molecule has 5 heterocycles. The maximum atomic E-state index is 14.1. The Bertz CT molecular complexity index is 2120. The van der Waals surface area contributed by atoms with Crippen LogP contribution in [0.1, 0.15) is 29.2 Å². The lowest BCUT2D eigenvalue weighted by atomic mass is 10.1. The average molecular weight is 785 g/mol. The molecule has 3 aliphatic rings. The van der Waals surface area contributed by atoms with E-state index in [0.717, 1.165) is 83.4 Å². The molecule has 5 aromatic rings. The smallest absolute Gasteiger partial charge is 0.327 e. The molecule has 2 aromatic heterocycles. The first-order valence-corrected chi connectivity index (χ1v) is 20.1. The zero-order valence-corrected chi connectivity index (χ0v) is 33.9. The van der Waals surface area contributed by atoms with Gasteiger partial charge in [-0.3, -0.25) is 4.90 Å². The number of ether oxygens (including phenoxy) is 3. The molecular formula is C44H52N10O4. The third-order valence-electron chi connectivity index (χ3n) is 11.2. The number of benzene rings is 3. The minimum Gasteiger partial charge on any atom is -0.497 e. The van der Waals surface area contributed by atoms with Gasteiger partial charge in [0.15, 0.2) is 0 Å². The monoisotopic (exact) mass is 784 g/mol. The van der Waals surface area contributed by atoms with Gasteiger partial charge in [0, 0.05) is 93.8 Å².